The van der Waals surface area contributed by atoms with Crippen molar-refractivity contribution in [3.63, 3.8) is 0 Å². The van der Waals surface area contributed by atoms with E-state index in [1.54, 1.807) is 0 Å². The van der Waals surface area contributed by atoms with Gasteiger partial charge >= 0.3 is 5.97 Å². The van der Waals surface area contributed by atoms with Gasteiger partial charge in [0.15, 0.2) is 9.84 Å². The molecule has 13 heteroatoms. The molecule has 0 aliphatic carbocycles. The molecule has 1 aliphatic rings. The zero-order valence-corrected chi connectivity index (χ0v) is 28.2. The molecule has 47 heavy (non-hydrogen) atoms. The Bertz CT molecular complexity index is 1450. The van der Waals surface area contributed by atoms with Crippen molar-refractivity contribution in [3.8, 4) is 0 Å². The summed E-state index contributed by atoms with van der Waals surface area (Å²) in [4.78, 5) is 38.6. The molecule has 0 radical (unpaired) electrons. The summed E-state index contributed by atoms with van der Waals surface area (Å²) < 4.78 is 60.8. The Morgan fingerprint density at radius 2 is 1.68 bits per heavy atom. The van der Waals surface area contributed by atoms with E-state index < -0.39 is 68.6 Å². The Labute approximate surface area is 276 Å². The second kappa shape index (κ2) is 18.2. The van der Waals surface area contributed by atoms with Crippen molar-refractivity contribution in [2.24, 2.45) is 5.73 Å². The number of rotatable bonds is 19. The van der Waals surface area contributed by atoms with Crippen molar-refractivity contribution in [2.45, 2.75) is 108 Å². The molecule has 5 N–H and O–H groups in total. The summed E-state index contributed by atoms with van der Waals surface area (Å²) in [7, 11) is -3.88. The highest BCUT2D eigenvalue weighted by Crippen LogP contribution is 2.19. The minimum atomic E-state index is -3.88. The van der Waals surface area contributed by atoms with E-state index in [-0.39, 0.29) is 37.3 Å². The number of benzene rings is 2. The van der Waals surface area contributed by atoms with E-state index >= 15 is 0 Å². The van der Waals surface area contributed by atoms with Crippen LogP contribution in [0.1, 0.15) is 76.0 Å². The van der Waals surface area contributed by atoms with Gasteiger partial charge in [-0.25, -0.2) is 22.0 Å². The third-order valence-corrected chi connectivity index (χ3v) is 10.5. The number of amides is 2. The van der Waals surface area contributed by atoms with Crippen molar-refractivity contribution in [1.29, 1.82) is 0 Å². The molecular weight excluding hydrogens is 630 g/mol. The lowest BCUT2D eigenvalue weighted by atomic mass is 10.0. The number of carbonyl (C=O) groups is 3. The predicted octanol–water partition coefficient (Wildman–Crippen LogP) is 3.25. The first-order valence-electron chi connectivity index (χ1n) is 16.4. The Morgan fingerprint density at radius 3 is 2.28 bits per heavy atom. The molecule has 3 rings (SSSR count). The van der Waals surface area contributed by atoms with Gasteiger partial charge in [-0.15, -0.1) is 0 Å². The fourth-order valence-electron chi connectivity index (χ4n) is 5.73. The van der Waals surface area contributed by atoms with Gasteiger partial charge < -0.3 is 26.4 Å². The van der Waals surface area contributed by atoms with Crippen LogP contribution in [0.3, 0.4) is 0 Å². The summed E-state index contributed by atoms with van der Waals surface area (Å²) in [6.45, 7) is 6.21. The third-order valence-electron chi connectivity index (χ3n) is 8.25. The van der Waals surface area contributed by atoms with Gasteiger partial charge in [0.2, 0.25) is 11.8 Å². The standard InChI is InChI=1S/C34H48F2N4O6S/c1-4-8-27(9-5-2)47(44,45)21-30(40-33(42)29-12-13-32(41)39-29)34(43)46-31(20-38-19-23-11-7-10-22(6-3)14-23)28(37)17-24-15-25(35)18-26(36)16-24/h7,10-11,14-16,18,27-31,38H,4-6,8-9,12-13,17,19-21,37H2,1-3H3,(H,39,41)(H,40,42)/t28-,29-,30?,31+/m0/s1. The Morgan fingerprint density at radius 1 is 1.02 bits per heavy atom. The lowest BCUT2D eigenvalue weighted by molar-refractivity contribution is -0.153. The predicted molar refractivity (Wildman–Crippen MR) is 176 cm³/mol. The van der Waals surface area contributed by atoms with Crippen LogP contribution in [0.4, 0.5) is 8.78 Å². The summed E-state index contributed by atoms with van der Waals surface area (Å²) in [5.41, 5.74) is 8.84. The molecule has 1 fully saturated rings. The molecule has 1 saturated heterocycles. The minimum absolute atomic E-state index is 0.0292. The van der Waals surface area contributed by atoms with Crippen LogP contribution in [0.15, 0.2) is 42.5 Å². The maximum atomic E-state index is 14.0. The Balaban J connectivity index is 1.86. The lowest BCUT2D eigenvalue weighted by Crippen LogP contribution is -2.55. The average Bonchev–Trinajstić information content (AvgIpc) is 3.45. The molecule has 0 aromatic heterocycles. The topological polar surface area (TPSA) is 157 Å². The smallest absolute Gasteiger partial charge is 0.330 e. The van der Waals surface area contributed by atoms with E-state index in [1.807, 2.05) is 45.0 Å². The highest BCUT2D eigenvalue weighted by molar-refractivity contribution is 7.92. The molecular formula is C34H48F2N4O6S. The highest BCUT2D eigenvalue weighted by atomic mass is 32.2. The number of nitrogens with one attached hydrogen (secondary N) is 3. The van der Waals surface area contributed by atoms with Crippen molar-refractivity contribution in [1.82, 2.24) is 16.0 Å². The van der Waals surface area contributed by atoms with Crippen LogP contribution < -0.4 is 21.7 Å². The first-order chi connectivity index (χ1) is 22.3. The number of ether oxygens (including phenoxy) is 1. The van der Waals surface area contributed by atoms with E-state index in [2.05, 4.69) is 16.0 Å². The van der Waals surface area contributed by atoms with Gasteiger partial charge in [-0.2, -0.15) is 0 Å². The van der Waals surface area contributed by atoms with Gasteiger partial charge in [0.05, 0.1) is 11.0 Å². The van der Waals surface area contributed by atoms with Crippen molar-refractivity contribution in [2.75, 3.05) is 12.3 Å². The van der Waals surface area contributed by atoms with Crippen molar-refractivity contribution in [3.05, 3.63) is 70.8 Å². The van der Waals surface area contributed by atoms with E-state index in [1.165, 1.54) is 0 Å². The quantitative estimate of drug-likeness (QED) is 0.165. The lowest BCUT2D eigenvalue weighted by Gasteiger charge is -2.28. The molecule has 2 aromatic rings. The van der Waals surface area contributed by atoms with Crippen LogP contribution in [0.5, 0.6) is 0 Å². The number of hydrogen-bond donors (Lipinski definition) is 4. The third kappa shape index (κ3) is 12.0. The van der Waals surface area contributed by atoms with Gasteiger partial charge in [0, 0.05) is 31.6 Å². The molecule has 10 nitrogen and oxygen atoms in total. The van der Waals surface area contributed by atoms with Crippen LogP contribution in [-0.2, 0) is 48.3 Å². The molecule has 4 atom stereocenters. The summed E-state index contributed by atoms with van der Waals surface area (Å²) >= 11 is 0. The van der Waals surface area contributed by atoms with Crippen LogP contribution in [0.25, 0.3) is 0 Å². The number of sulfone groups is 1. The van der Waals surface area contributed by atoms with E-state index in [9.17, 15) is 31.6 Å². The van der Waals surface area contributed by atoms with Crippen LogP contribution >= 0.6 is 0 Å². The van der Waals surface area contributed by atoms with Crippen molar-refractivity contribution < 1.29 is 36.3 Å². The molecule has 1 heterocycles. The number of aryl methyl sites for hydroxylation is 1. The number of nitrogens with two attached hydrogens (primary N) is 1. The van der Waals surface area contributed by atoms with Gasteiger partial charge in [0.25, 0.3) is 0 Å². The minimum Gasteiger partial charge on any atom is -0.458 e. The number of halogens is 2. The maximum Gasteiger partial charge on any atom is 0.330 e. The number of hydrogen-bond acceptors (Lipinski definition) is 8. The molecule has 260 valence electrons. The van der Waals surface area contributed by atoms with E-state index in [0.29, 0.717) is 32.2 Å². The molecule has 0 bridgehead atoms. The Kier molecular flexibility index (Phi) is 14.7. The zero-order chi connectivity index (χ0) is 34.6. The maximum absolute atomic E-state index is 14.0. The van der Waals surface area contributed by atoms with Gasteiger partial charge in [-0.05, 0) is 60.9 Å². The monoisotopic (exact) mass is 678 g/mol. The Hall–Kier alpha value is -3.42. The van der Waals surface area contributed by atoms with Crippen LogP contribution in [-0.4, -0.2) is 68.0 Å². The summed E-state index contributed by atoms with van der Waals surface area (Å²) in [5.74, 6) is -4.29. The second-order valence-corrected chi connectivity index (χ2v) is 14.5. The summed E-state index contributed by atoms with van der Waals surface area (Å²) in [5, 5.41) is 7.55. The molecule has 0 spiro atoms. The highest BCUT2D eigenvalue weighted by Gasteiger charge is 2.37. The summed E-state index contributed by atoms with van der Waals surface area (Å²) in [6, 6.07) is 7.47. The first kappa shape index (κ1) is 38.0. The molecule has 1 aliphatic heterocycles. The molecule has 2 aromatic carbocycles. The second-order valence-electron chi connectivity index (χ2n) is 12.2. The average molecular weight is 679 g/mol. The normalized spacial score (nSPS) is 16.8. The molecule has 2 amide bonds. The van der Waals surface area contributed by atoms with E-state index in [4.69, 9.17) is 10.5 Å². The van der Waals surface area contributed by atoms with Gasteiger partial charge in [-0.1, -0.05) is 57.9 Å². The fourth-order valence-corrected chi connectivity index (χ4v) is 7.88. The summed E-state index contributed by atoms with van der Waals surface area (Å²) in [6.07, 6.45) is 2.07. The SMILES string of the molecule is CCCC(CCC)S(=O)(=O)CC(NC(=O)[C@@H]1CCC(=O)N1)C(=O)O[C@H](CNCc1cccc(CC)c1)[C@@H](N)Cc1cc(F)cc(F)c1. The van der Waals surface area contributed by atoms with Crippen molar-refractivity contribution >= 4 is 27.6 Å². The number of esters is 1. The molecule has 0 saturated carbocycles. The van der Waals surface area contributed by atoms with Crippen LogP contribution in [0, 0.1) is 11.6 Å². The largest absolute Gasteiger partial charge is 0.458 e. The number of carbonyl (C=O) groups excluding carboxylic acids is 3. The molecule has 1 unspecified atom stereocenters. The van der Waals surface area contributed by atoms with Crippen LogP contribution in [0.2, 0.25) is 0 Å². The van der Waals surface area contributed by atoms with Gasteiger partial charge in [0.1, 0.15) is 29.8 Å². The van der Waals surface area contributed by atoms with E-state index in [0.717, 1.165) is 35.7 Å². The zero-order valence-electron chi connectivity index (χ0n) is 27.4. The van der Waals surface area contributed by atoms with Gasteiger partial charge in [-0.3, -0.25) is 9.59 Å². The fraction of sp³-hybridized carbons (Fsp3) is 0.559. The first-order valence-corrected chi connectivity index (χ1v) is 18.1.